The molecule has 0 bridgehead atoms. The summed E-state index contributed by atoms with van der Waals surface area (Å²) >= 11 is 0. The van der Waals surface area contributed by atoms with Crippen LogP contribution in [0.15, 0.2) is 30.3 Å². The summed E-state index contributed by atoms with van der Waals surface area (Å²) < 4.78 is 39.3. The summed E-state index contributed by atoms with van der Waals surface area (Å²) in [5.41, 5.74) is -0.288. The Bertz CT molecular complexity index is 1010. The Hall–Kier alpha value is -2.46. The number of aliphatic hydroxyl groups excluding tert-OH is 3. The highest BCUT2D eigenvalue weighted by Gasteiger charge is 2.42. The molecule has 0 radical (unpaired) electrons. The third-order valence-corrected chi connectivity index (χ3v) is 6.68. The molecule has 7 nitrogen and oxygen atoms in total. The second kappa shape index (κ2) is 9.42. The van der Waals surface area contributed by atoms with Crippen LogP contribution >= 0.6 is 0 Å². The molecule has 5 atom stereocenters. The second-order valence-corrected chi connectivity index (χ2v) is 8.73. The van der Waals surface area contributed by atoms with Crippen molar-refractivity contribution >= 4 is 0 Å². The Labute approximate surface area is 190 Å². The smallest absolute Gasteiger partial charge is 0.171 e. The number of hydrogen-bond donors (Lipinski definition) is 5. The van der Waals surface area contributed by atoms with Crippen molar-refractivity contribution in [1.82, 2.24) is 5.32 Å². The molecular weight excluding hydrogens is 436 g/mol. The highest BCUT2D eigenvalue weighted by Crippen LogP contribution is 2.40. The van der Waals surface area contributed by atoms with Crippen LogP contribution in [-0.2, 0) is 6.42 Å². The number of nitrogens with one attached hydrogen (secondary N) is 1. The molecule has 2 heterocycles. The Morgan fingerprint density at radius 2 is 1.91 bits per heavy atom. The average molecular weight is 465 g/mol. The lowest BCUT2D eigenvalue weighted by Gasteiger charge is -2.42. The molecule has 2 aromatic rings. The average Bonchev–Trinajstić information content (AvgIpc) is 2.81. The van der Waals surface area contributed by atoms with Gasteiger partial charge in [0.1, 0.15) is 41.2 Å². The standard InChI is InChI=1S/C24H29F2NO6/c1-2-24(8-7-14-20(33-24)6-4-16(28)23(14)26)22(31)12-27-11-18(30)21-10-17(29)15-9-13(25)3-5-19(15)32-21/h3-6,9,17-18,21-22,27-31H,2,7-8,10-12H2,1H3/t17-,18-,21+,22-,24-/m0/s1. The van der Waals surface area contributed by atoms with E-state index in [1.54, 1.807) is 0 Å². The van der Waals surface area contributed by atoms with E-state index >= 15 is 0 Å². The molecule has 9 heteroatoms. The van der Waals surface area contributed by atoms with Crippen LogP contribution in [0.1, 0.15) is 43.4 Å². The number of aliphatic hydroxyl groups is 3. The Morgan fingerprint density at radius 3 is 2.67 bits per heavy atom. The van der Waals surface area contributed by atoms with Gasteiger partial charge in [0.25, 0.3) is 0 Å². The van der Waals surface area contributed by atoms with Gasteiger partial charge in [-0.1, -0.05) is 6.92 Å². The largest absolute Gasteiger partial charge is 0.505 e. The zero-order valence-corrected chi connectivity index (χ0v) is 18.3. The van der Waals surface area contributed by atoms with Crippen molar-refractivity contribution < 1.29 is 38.7 Å². The molecule has 0 aromatic heterocycles. The van der Waals surface area contributed by atoms with Crippen molar-refractivity contribution in [3.8, 4) is 17.2 Å². The lowest BCUT2D eigenvalue weighted by molar-refractivity contribution is -0.0712. The molecule has 5 N–H and O–H groups in total. The first-order valence-corrected chi connectivity index (χ1v) is 11.1. The normalized spacial score (nSPS) is 25.9. The van der Waals surface area contributed by atoms with Crippen molar-refractivity contribution in [2.45, 2.75) is 62.6 Å². The summed E-state index contributed by atoms with van der Waals surface area (Å²) in [6.07, 6.45) is -2.30. The molecule has 180 valence electrons. The van der Waals surface area contributed by atoms with Crippen LogP contribution in [0.5, 0.6) is 17.2 Å². The minimum Gasteiger partial charge on any atom is -0.505 e. The van der Waals surface area contributed by atoms with Crippen LogP contribution < -0.4 is 14.8 Å². The predicted octanol–water partition coefficient (Wildman–Crippen LogP) is 2.34. The van der Waals surface area contributed by atoms with Gasteiger partial charge in [-0.15, -0.1) is 0 Å². The van der Waals surface area contributed by atoms with Gasteiger partial charge in [-0.3, -0.25) is 0 Å². The summed E-state index contributed by atoms with van der Waals surface area (Å²) in [6, 6.07) is 6.60. The monoisotopic (exact) mass is 465 g/mol. The number of fused-ring (bicyclic) bond motifs is 2. The maximum Gasteiger partial charge on any atom is 0.171 e. The van der Waals surface area contributed by atoms with Gasteiger partial charge < -0.3 is 35.2 Å². The maximum absolute atomic E-state index is 14.2. The summed E-state index contributed by atoms with van der Waals surface area (Å²) in [4.78, 5) is 0. The number of hydrogen-bond acceptors (Lipinski definition) is 7. The van der Waals surface area contributed by atoms with Crippen LogP contribution in [0.4, 0.5) is 8.78 Å². The van der Waals surface area contributed by atoms with Crippen molar-refractivity contribution in [1.29, 1.82) is 0 Å². The van der Waals surface area contributed by atoms with Crippen LogP contribution in [0, 0.1) is 11.6 Å². The fourth-order valence-electron chi connectivity index (χ4n) is 4.61. The summed E-state index contributed by atoms with van der Waals surface area (Å²) in [5.74, 6) is -0.968. The molecule has 0 saturated heterocycles. The molecule has 2 aliphatic rings. The molecule has 4 rings (SSSR count). The van der Waals surface area contributed by atoms with E-state index in [1.165, 1.54) is 30.3 Å². The van der Waals surface area contributed by atoms with Gasteiger partial charge in [0.2, 0.25) is 0 Å². The zero-order chi connectivity index (χ0) is 23.8. The molecule has 0 aliphatic carbocycles. The number of halogens is 2. The summed E-state index contributed by atoms with van der Waals surface area (Å²) in [5, 5.41) is 44.3. The molecule has 2 aromatic carbocycles. The van der Waals surface area contributed by atoms with E-state index in [-0.39, 0.29) is 19.5 Å². The first-order valence-electron chi connectivity index (χ1n) is 11.1. The SMILES string of the molecule is CC[C@@]1([C@@H](O)CNC[C@H](O)[C@H]2C[C@H](O)c3cc(F)ccc3O2)CCc2c(ccc(O)c2F)O1. The molecule has 0 unspecified atom stereocenters. The topological polar surface area (TPSA) is 111 Å². The van der Waals surface area contributed by atoms with Crippen LogP contribution in [0.2, 0.25) is 0 Å². The molecular formula is C24H29F2NO6. The summed E-state index contributed by atoms with van der Waals surface area (Å²) in [7, 11) is 0. The van der Waals surface area contributed by atoms with Crippen molar-refractivity contribution in [3.05, 3.63) is 53.1 Å². The fourth-order valence-corrected chi connectivity index (χ4v) is 4.61. The van der Waals surface area contributed by atoms with Gasteiger partial charge in [-0.05, 0) is 49.6 Å². The number of phenols is 1. The van der Waals surface area contributed by atoms with E-state index in [0.717, 1.165) is 0 Å². The Morgan fingerprint density at radius 1 is 1.15 bits per heavy atom. The van der Waals surface area contributed by atoms with Crippen molar-refractivity contribution in [2.24, 2.45) is 0 Å². The zero-order valence-electron chi connectivity index (χ0n) is 18.3. The minimum absolute atomic E-state index is 0.0872. The van der Waals surface area contributed by atoms with Gasteiger partial charge in [-0.25, -0.2) is 8.78 Å². The summed E-state index contributed by atoms with van der Waals surface area (Å²) in [6.45, 7) is 2.07. The van der Waals surface area contributed by atoms with E-state index < -0.39 is 47.4 Å². The van der Waals surface area contributed by atoms with E-state index in [1.807, 2.05) is 6.92 Å². The first kappa shape index (κ1) is 23.7. The number of rotatable bonds is 7. The van der Waals surface area contributed by atoms with E-state index in [0.29, 0.717) is 41.9 Å². The quantitative estimate of drug-likeness (QED) is 0.427. The van der Waals surface area contributed by atoms with Crippen molar-refractivity contribution in [2.75, 3.05) is 13.1 Å². The Kier molecular flexibility index (Phi) is 6.76. The second-order valence-electron chi connectivity index (χ2n) is 8.73. The molecule has 0 fully saturated rings. The first-order chi connectivity index (χ1) is 15.7. The lowest BCUT2D eigenvalue weighted by Crippen LogP contribution is -2.54. The third-order valence-electron chi connectivity index (χ3n) is 6.68. The highest BCUT2D eigenvalue weighted by atomic mass is 19.1. The number of ether oxygens (including phenoxy) is 2. The van der Waals surface area contributed by atoms with Gasteiger partial charge in [0, 0.05) is 30.6 Å². The van der Waals surface area contributed by atoms with E-state index in [9.17, 15) is 29.2 Å². The van der Waals surface area contributed by atoms with E-state index in [2.05, 4.69) is 5.32 Å². The minimum atomic E-state index is -0.979. The third kappa shape index (κ3) is 4.63. The van der Waals surface area contributed by atoms with Crippen molar-refractivity contribution in [3.63, 3.8) is 0 Å². The molecule has 0 amide bonds. The number of benzene rings is 2. The Balaban J connectivity index is 1.34. The van der Waals surface area contributed by atoms with Gasteiger partial charge >= 0.3 is 0 Å². The van der Waals surface area contributed by atoms with Gasteiger partial charge in [0.15, 0.2) is 11.6 Å². The van der Waals surface area contributed by atoms with Gasteiger partial charge in [0.05, 0.1) is 6.10 Å². The van der Waals surface area contributed by atoms with E-state index in [4.69, 9.17) is 9.47 Å². The molecule has 0 saturated carbocycles. The number of phenolic OH excluding ortho intramolecular Hbond substituents is 1. The predicted molar refractivity (Wildman–Crippen MR) is 115 cm³/mol. The highest BCUT2D eigenvalue weighted by molar-refractivity contribution is 5.43. The van der Waals surface area contributed by atoms with Gasteiger partial charge in [-0.2, -0.15) is 0 Å². The van der Waals surface area contributed by atoms with Crippen LogP contribution in [0.25, 0.3) is 0 Å². The maximum atomic E-state index is 14.2. The molecule has 2 aliphatic heterocycles. The van der Waals surface area contributed by atoms with Crippen LogP contribution in [-0.4, -0.2) is 57.4 Å². The molecule has 33 heavy (non-hydrogen) atoms. The fraction of sp³-hybridized carbons (Fsp3) is 0.500. The number of aromatic hydroxyl groups is 1. The lowest BCUT2D eigenvalue weighted by atomic mass is 9.83. The van der Waals surface area contributed by atoms with Crippen LogP contribution in [0.3, 0.4) is 0 Å². The molecule has 0 spiro atoms.